The molecule has 0 bridgehead atoms. The van der Waals surface area contributed by atoms with Crippen LogP contribution in [0, 0.1) is 0 Å². The lowest BCUT2D eigenvalue weighted by Gasteiger charge is -2.12. The first-order valence-electron chi connectivity index (χ1n) is 7.84. The van der Waals surface area contributed by atoms with Gasteiger partial charge in [-0.25, -0.2) is 13.1 Å². The van der Waals surface area contributed by atoms with Crippen LogP contribution < -0.4 is 4.72 Å². The molecule has 1 atom stereocenters. The maximum Gasteiger partial charge on any atom is 0.452 e. The van der Waals surface area contributed by atoms with Gasteiger partial charge in [0, 0.05) is 23.6 Å². The maximum absolute atomic E-state index is 12.6. The Morgan fingerprint density at radius 2 is 1.93 bits per heavy atom. The van der Waals surface area contributed by atoms with Gasteiger partial charge in [-0.2, -0.15) is 13.2 Å². The number of rotatable bonds is 6. The molecule has 0 saturated carbocycles. The second kappa shape index (κ2) is 7.45. The van der Waals surface area contributed by atoms with E-state index < -0.39 is 22.0 Å². The minimum absolute atomic E-state index is 0.00526. The molecule has 0 fully saturated rings. The van der Waals surface area contributed by atoms with Crippen LogP contribution in [0.25, 0.3) is 11.3 Å². The second-order valence-corrected chi connectivity index (χ2v) is 8.80. The smallest absolute Gasteiger partial charge is 0.351 e. The lowest BCUT2D eigenvalue weighted by molar-refractivity contribution is -0.155. The second-order valence-electron chi connectivity index (χ2n) is 5.89. The molecular formula is C17H15F3N2O3S2. The minimum Gasteiger partial charge on any atom is -0.351 e. The minimum atomic E-state index is -4.65. The molecule has 2 heterocycles. The van der Waals surface area contributed by atoms with E-state index in [9.17, 15) is 21.6 Å². The number of benzene rings is 1. The zero-order valence-electron chi connectivity index (χ0n) is 14.0. The van der Waals surface area contributed by atoms with Crippen LogP contribution in [0.4, 0.5) is 13.2 Å². The zero-order chi connectivity index (χ0) is 19.7. The molecule has 0 unspecified atom stereocenters. The van der Waals surface area contributed by atoms with Gasteiger partial charge in [-0.1, -0.05) is 42.4 Å². The van der Waals surface area contributed by atoms with E-state index >= 15 is 0 Å². The summed E-state index contributed by atoms with van der Waals surface area (Å²) in [4.78, 5) is 0. The van der Waals surface area contributed by atoms with Crippen molar-refractivity contribution < 1.29 is 26.1 Å². The number of halogens is 3. The Hall–Kier alpha value is -2.17. The van der Waals surface area contributed by atoms with Crippen molar-refractivity contribution in [1.82, 2.24) is 9.88 Å². The van der Waals surface area contributed by atoms with Gasteiger partial charge in [0.25, 0.3) is 0 Å². The number of thiophene rings is 1. The molecule has 5 nitrogen and oxygen atoms in total. The molecular weight excluding hydrogens is 401 g/mol. The van der Waals surface area contributed by atoms with Gasteiger partial charge in [-0.3, -0.25) is 0 Å². The van der Waals surface area contributed by atoms with E-state index in [1.54, 1.807) is 0 Å². The van der Waals surface area contributed by atoms with Gasteiger partial charge in [-0.15, -0.1) is 11.3 Å². The summed E-state index contributed by atoms with van der Waals surface area (Å²) in [5.41, 5.74) is 1.17. The summed E-state index contributed by atoms with van der Waals surface area (Å²) in [5, 5.41) is 4.78. The summed E-state index contributed by atoms with van der Waals surface area (Å²) < 4.78 is 69.5. The average molecular weight is 416 g/mol. The van der Waals surface area contributed by atoms with Crippen molar-refractivity contribution in [2.75, 3.05) is 6.54 Å². The van der Waals surface area contributed by atoms with Crippen LogP contribution in [0.15, 0.2) is 56.6 Å². The van der Waals surface area contributed by atoms with Gasteiger partial charge in [0.1, 0.15) is 9.90 Å². The van der Waals surface area contributed by atoms with Gasteiger partial charge in [0.15, 0.2) is 0 Å². The third kappa shape index (κ3) is 4.57. The van der Waals surface area contributed by atoms with Crippen LogP contribution in [-0.2, 0) is 16.2 Å². The number of alkyl halides is 3. The monoisotopic (exact) mass is 416 g/mol. The summed E-state index contributed by atoms with van der Waals surface area (Å²) in [6.07, 6.45) is -4.65. The molecule has 0 aliphatic heterocycles. The highest BCUT2D eigenvalue weighted by Gasteiger charge is 2.36. The number of nitrogens with one attached hydrogen (secondary N) is 1. The Bertz CT molecular complexity index is 1010. The van der Waals surface area contributed by atoms with E-state index in [1.807, 2.05) is 37.3 Å². The molecule has 0 radical (unpaired) electrons. The molecule has 10 heteroatoms. The van der Waals surface area contributed by atoms with Crippen molar-refractivity contribution in [3.8, 4) is 11.3 Å². The predicted octanol–water partition coefficient (Wildman–Crippen LogP) is 4.50. The molecule has 144 valence electrons. The molecule has 1 aromatic carbocycles. The van der Waals surface area contributed by atoms with E-state index in [-0.39, 0.29) is 27.9 Å². The van der Waals surface area contributed by atoms with Crippen LogP contribution in [0.5, 0.6) is 0 Å². The normalized spacial score (nSPS) is 13.6. The Morgan fingerprint density at radius 1 is 1.22 bits per heavy atom. The van der Waals surface area contributed by atoms with Gasteiger partial charge in [0.05, 0.1) is 0 Å². The average Bonchev–Trinajstić information content (AvgIpc) is 3.29. The molecule has 0 spiro atoms. The highest BCUT2D eigenvalue weighted by Crippen LogP contribution is 2.34. The molecule has 2 aromatic heterocycles. The number of hydrogen-bond acceptors (Lipinski definition) is 5. The van der Waals surface area contributed by atoms with Crippen molar-refractivity contribution in [3.63, 3.8) is 0 Å². The molecule has 0 saturated heterocycles. The molecule has 3 aromatic rings. The number of nitrogens with zero attached hydrogens (tertiary/aromatic N) is 1. The Morgan fingerprint density at radius 3 is 2.56 bits per heavy atom. The predicted molar refractivity (Wildman–Crippen MR) is 94.9 cm³/mol. The van der Waals surface area contributed by atoms with Crippen molar-refractivity contribution in [3.05, 3.63) is 59.2 Å². The van der Waals surface area contributed by atoms with Gasteiger partial charge in [0.2, 0.25) is 15.8 Å². The fourth-order valence-corrected chi connectivity index (χ4v) is 4.69. The quantitative estimate of drug-likeness (QED) is 0.642. The summed E-state index contributed by atoms with van der Waals surface area (Å²) >= 11 is 0.902. The zero-order valence-corrected chi connectivity index (χ0v) is 15.7. The lowest BCUT2D eigenvalue weighted by atomic mass is 10.0. The number of hydrogen-bond donors (Lipinski definition) is 1. The fraction of sp³-hybridized carbons (Fsp3) is 0.235. The van der Waals surface area contributed by atoms with Gasteiger partial charge >= 0.3 is 6.18 Å². The number of aromatic nitrogens is 1. The van der Waals surface area contributed by atoms with E-state index in [0.29, 0.717) is 0 Å². The van der Waals surface area contributed by atoms with Crippen molar-refractivity contribution in [2.24, 2.45) is 0 Å². The maximum atomic E-state index is 12.6. The highest BCUT2D eigenvalue weighted by atomic mass is 32.2. The Balaban J connectivity index is 1.72. The van der Waals surface area contributed by atoms with Crippen molar-refractivity contribution in [1.29, 1.82) is 0 Å². The highest BCUT2D eigenvalue weighted by molar-refractivity contribution is 7.91. The Kier molecular flexibility index (Phi) is 5.41. The first-order valence-corrected chi connectivity index (χ1v) is 10.2. The van der Waals surface area contributed by atoms with Gasteiger partial charge in [-0.05, 0) is 17.5 Å². The van der Waals surface area contributed by atoms with Gasteiger partial charge < -0.3 is 4.52 Å². The SMILES string of the molecule is C[C@@H](CNS(=O)(=O)c1cc(-c2cc(C(F)(F)F)on2)cs1)c1ccccc1. The molecule has 0 aliphatic carbocycles. The molecule has 0 amide bonds. The Labute approximate surface area is 157 Å². The number of sulfonamides is 1. The summed E-state index contributed by atoms with van der Waals surface area (Å²) in [6.45, 7) is 2.09. The third-order valence-electron chi connectivity index (χ3n) is 3.87. The molecule has 27 heavy (non-hydrogen) atoms. The summed E-state index contributed by atoms with van der Waals surface area (Å²) in [7, 11) is -3.78. The van der Waals surface area contributed by atoms with Crippen LogP contribution in [-0.4, -0.2) is 20.1 Å². The van der Waals surface area contributed by atoms with E-state index in [0.717, 1.165) is 23.0 Å². The largest absolute Gasteiger partial charge is 0.452 e. The first kappa shape index (κ1) is 19.6. The summed E-state index contributed by atoms with van der Waals surface area (Å²) in [6, 6.07) is 11.5. The van der Waals surface area contributed by atoms with E-state index in [2.05, 4.69) is 14.4 Å². The topological polar surface area (TPSA) is 72.2 Å². The molecule has 1 N–H and O–H groups in total. The fourth-order valence-electron chi connectivity index (χ4n) is 2.34. The van der Waals surface area contributed by atoms with Crippen molar-refractivity contribution >= 4 is 21.4 Å². The molecule has 0 aliphatic rings. The first-order chi connectivity index (χ1) is 12.7. The van der Waals surface area contributed by atoms with E-state index in [1.165, 1.54) is 11.4 Å². The van der Waals surface area contributed by atoms with Crippen LogP contribution in [0.1, 0.15) is 24.2 Å². The third-order valence-corrected chi connectivity index (χ3v) is 6.74. The molecule has 3 rings (SSSR count). The van der Waals surface area contributed by atoms with Crippen molar-refractivity contribution in [2.45, 2.75) is 23.2 Å². The lowest BCUT2D eigenvalue weighted by Crippen LogP contribution is -2.27. The van der Waals surface area contributed by atoms with Crippen LogP contribution in [0.2, 0.25) is 0 Å². The van der Waals surface area contributed by atoms with Crippen LogP contribution in [0.3, 0.4) is 0 Å². The van der Waals surface area contributed by atoms with E-state index in [4.69, 9.17) is 0 Å². The summed E-state index contributed by atoms with van der Waals surface area (Å²) in [5.74, 6) is -1.27. The van der Waals surface area contributed by atoms with Crippen LogP contribution >= 0.6 is 11.3 Å². The standard InChI is InChI=1S/C17H15F3N2O3S2/c1-11(12-5-3-2-4-6-12)9-21-27(23,24)16-7-13(10-26-16)14-8-15(25-22-14)17(18,19)20/h2-8,10-11,21H,9H2,1H3/t11-/m0/s1.